The summed E-state index contributed by atoms with van der Waals surface area (Å²) in [4.78, 5) is 52.0. The van der Waals surface area contributed by atoms with Gasteiger partial charge in [0.1, 0.15) is 12.7 Å². The molecule has 3 rings (SSSR count). The van der Waals surface area contributed by atoms with Crippen LogP contribution >= 0.6 is 0 Å². The van der Waals surface area contributed by atoms with Gasteiger partial charge in [0, 0.05) is 26.3 Å². The van der Waals surface area contributed by atoms with Crippen LogP contribution in [0.25, 0.3) is 0 Å². The molecule has 0 aliphatic carbocycles. The molecule has 1 fully saturated rings. The molecule has 1 aliphatic rings. The van der Waals surface area contributed by atoms with Crippen LogP contribution in [0.1, 0.15) is 80.8 Å². The number of unbranched alkanes of at least 4 members (excludes halogenated alkanes) is 2. The van der Waals surface area contributed by atoms with Crippen molar-refractivity contribution < 1.29 is 42.9 Å². The first-order valence-electron chi connectivity index (χ1n) is 12.9. The van der Waals surface area contributed by atoms with E-state index < -0.39 is 48.4 Å². The number of methoxy groups -OCH3 is 1. The fraction of sp³-hybridized carbons (Fsp3) is 0.500. The maximum absolute atomic E-state index is 12.6. The summed E-state index contributed by atoms with van der Waals surface area (Å²) >= 11 is 0. The van der Waals surface area contributed by atoms with Gasteiger partial charge < -0.3 is 23.7 Å². The summed E-state index contributed by atoms with van der Waals surface area (Å²) in [5.41, 5.74) is 1.94. The van der Waals surface area contributed by atoms with Crippen molar-refractivity contribution >= 4 is 23.9 Å². The average Bonchev–Trinajstić information content (AvgIpc) is 3.47. The molecule has 2 heterocycles. The molecule has 2 aromatic rings. The van der Waals surface area contributed by atoms with Crippen LogP contribution in [0, 0.1) is 11.8 Å². The molecule has 40 heavy (non-hydrogen) atoms. The Morgan fingerprint density at radius 1 is 0.950 bits per heavy atom. The zero-order chi connectivity index (χ0) is 29.2. The molecule has 0 amide bonds. The molecule has 214 valence electrons. The largest absolute Gasteiger partial charge is 0.463 e. The standard InChI is InChI=1S/C28H33N3O9/c1-6-7-8-9-20-10-12-21(13-11-20)14-15-23-29-26(28(35)36-5)31(30-23)27-25(39-19(4)34)24(38-18(3)33)22(40-27)16-37-17(2)32/h10-13,22,24-25,27H,6-9,16H2,1-5H3/t22-,24-,25-,27-/m1/s1. The number of benzene rings is 1. The highest BCUT2D eigenvalue weighted by molar-refractivity contribution is 5.85. The third-order valence-corrected chi connectivity index (χ3v) is 5.92. The molecule has 0 radical (unpaired) electrons. The molecule has 4 atom stereocenters. The summed E-state index contributed by atoms with van der Waals surface area (Å²) in [5.74, 6) is 2.65. The van der Waals surface area contributed by atoms with Crippen molar-refractivity contribution in [2.45, 2.75) is 77.9 Å². The predicted octanol–water partition coefficient (Wildman–Crippen LogP) is 2.52. The Morgan fingerprint density at radius 2 is 1.62 bits per heavy atom. The van der Waals surface area contributed by atoms with Gasteiger partial charge >= 0.3 is 23.9 Å². The van der Waals surface area contributed by atoms with Crippen molar-refractivity contribution in [2.75, 3.05) is 13.7 Å². The summed E-state index contributed by atoms with van der Waals surface area (Å²) in [5, 5.41) is 4.31. The SMILES string of the molecule is CCCCCc1ccc(C#Cc2nc(C(=O)OC)n([C@@H]3O[C@H](COC(C)=O)[C@@H](OC(C)=O)[C@H]3OC(C)=O)n2)cc1. The zero-order valence-corrected chi connectivity index (χ0v) is 23.2. The minimum Gasteiger partial charge on any atom is -0.463 e. The first kappa shape index (κ1) is 30.3. The van der Waals surface area contributed by atoms with Crippen LogP contribution in [0.15, 0.2) is 24.3 Å². The van der Waals surface area contributed by atoms with Crippen LogP contribution in [0.2, 0.25) is 0 Å². The molecule has 12 nitrogen and oxygen atoms in total. The van der Waals surface area contributed by atoms with Gasteiger partial charge in [0.15, 0.2) is 18.4 Å². The Balaban J connectivity index is 1.95. The van der Waals surface area contributed by atoms with Crippen LogP contribution in [-0.2, 0) is 44.5 Å². The predicted molar refractivity (Wildman–Crippen MR) is 139 cm³/mol. The summed E-state index contributed by atoms with van der Waals surface area (Å²) in [6.07, 6.45) is -0.311. The fourth-order valence-corrected chi connectivity index (χ4v) is 4.14. The highest BCUT2D eigenvalue weighted by atomic mass is 16.7. The van der Waals surface area contributed by atoms with Crippen LogP contribution in [-0.4, -0.2) is 70.7 Å². The van der Waals surface area contributed by atoms with Crippen LogP contribution < -0.4 is 0 Å². The Morgan fingerprint density at radius 3 is 2.23 bits per heavy atom. The lowest BCUT2D eigenvalue weighted by Crippen LogP contribution is -2.41. The van der Waals surface area contributed by atoms with Crippen molar-refractivity contribution in [3.8, 4) is 11.8 Å². The smallest absolute Gasteiger partial charge is 0.375 e. The fourth-order valence-electron chi connectivity index (χ4n) is 4.14. The lowest BCUT2D eigenvalue weighted by atomic mass is 10.1. The van der Waals surface area contributed by atoms with Crippen molar-refractivity contribution in [2.24, 2.45) is 0 Å². The molecule has 0 unspecified atom stereocenters. The normalized spacial score (nSPS) is 19.7. The number of rotatable bonds is 10. The van der Waals surface area contributed by atoms with Gasteiger partial charge in [0.05, 0.1) is 7.11 Å². The van der Waals surface area contributed by atoms with Gasteiger partial charge in [-0.2, -0.15) is 4.98 Å². The lowest BCUT2D eigenvalue weighted by molar-refractivity contribution is -0.166. The molecule has 1 aromatic carbocycles. The molecular weight excluding hydrogens is 522 g/mol. The van der Waals surface area contributed by atoms with Crippen molar-refractivity contribution in [1.29, 1.82) is 0 Å². The highest BCUT2D eigenvalue weighted by Crippen LogP contribution is 2.35. The van der Waals surface area contributed by atoms with E-state index in [0.717, 1.165) is 36.4 Å². The number of aryl methyl sites for hydroxylation is 1. The van der Waals surface area contributed by atoms with Crippen LogP contribution in [0.4, 0.5) is 0 Å². The lowest BCUT2D eigenvalue weighted by Gasteiger charge is -2.23. The number of ether oxygens (including phenoxy) is 5. The minimum absolute atomic E-state index is 0.0231. The second-order valence-corrected chi connectivity index (χ2v) is 9.11. The van der Waals surface area contributed by atoms with Crippen LogP contribution in [0.5, 0.6) is 0 Å². The topological polar surface area (TPSA) is 145 Å². The molecule has 12 heteroatoms. The molecule has 0 bridgehead atoms. The summed E-state index contributed by atoms with van der Waals surface area (Å²) in [7, 11) is 1.17. The van der Waals surface area contributed by atoms with Gasteiger partial charge in [-0.25, -0.2) is 9.48 Å². The Kier molecular flexibility index (Phi) is 10.8. The first-order valence-corrected chi connectivity index (χ1v) is 12.9. The second kappa shape index (κ2) is 14.2. The first-order chi connectivity index (χ1) is 19.1. The van der Waals surface area contributed by atoms with Gasteiger partial charge in [-0.1, -0.05) is 37.8 Å². The number of carbonyl (C=O) groups is 4. The van der Waals surface area contributed by atoms with Gasteiger partial charge in [0.2, 0.25) is 11.6 Å². The van der Waals surface area contributed by atoms with Gasteiger partial charge in [-0.15, -0.1) is 5.10 Å². The Labute approximate surface area is 232 Å². The van der Waals surface area contributed by atoms with E-state index in [1.807, 2.05) is 24.3 Å². The number of hydrogen-bond acceptors (Lipinski definition) is 11. The van der Waals surface area contributed by atoms with Gasteiger partial charge in [-0.05, 0) is 36.5 Å². The molecule has 0 N–H and O–H groups in total. The third-order valence-electron chi connectivity index (χ3n) is 5.92. The van der Waals surface area contributed by atoms with Crippen molar-refractivity contribution in [1.82, 2.24) is 14.8 Å². The number of esters is 4. The second-order valence-electron chi connectivity index (χ2n) is 9.11. The monoisotopic (exact) mass is 555 g/mol. The summed E-state index contributed by atoms with van der Waals surface area (Å²) in [6, 6.07) is 7.82. The number of carbonyl (C=O) groups excluding carboxylic acids is 4. The molecule has 1 aromatic heterocycles. The van der Waals surface area contributed by atoms with Gasteiger partial charge in [0.25, 0.3) is 0 Å². The molecule has 1 aliphatic heterocycles. The van der Waals surface area contributed by atoms with Crippen molar-refractivity contribution in [3.63, 3.8) is 0 Å². The van der Waals surface area contributed by atoms with E-state index in [1.54, 1.807) is 0 Å². The number of hydrogen-bond donors (Lipinski definition) is 0. The quantitative estimate of drug-likeness (QED) is 0.184. The molecular formula is C28H33N3O9. The number of aromatic nitrogens is 3. The molecule has 0 saturated carbocycles. The summed E-state index contributed by atoms with van der Waals surface area (Å²) < 4.78 is 27.7. The van der Waals surface area contributed by atoms with Gasteiger partial charge in [-0.3, -0.25) is 14.4 Å². The molecule has 1 saturated heterocycles. The zero-order valence-electron chi connectivity index (χ0n) is 23.2. The minimum atomic E-state index is -1.28. The van der Waals surface area contributed by atoms with E-state index in [9.17, 15) is 19.2 Å². The van der Waals surface area contributed by atoms with E-state index >= 15 is 0 Å². The van der Waals surface area contributed by atoms with E-state index in [4.69, 9.17) is 23.7 Å². The maximum Gasteiger partial charge on any atom is 0.375 e. The number of nitrogens with zero attached hydrogens (tertiary/aromatic N) is 3. The van der Waals surface area contributed by atoms with E-state index in [0.29, 0.717) is 0 Å². The maximum atomic E-state index is 12.6. The average molecular weight is 556 g/mol. The Bertz CT molecular complexity index is 1280. The van der Waals surface area contributed by atoms with E-state index in [2.05, 4.69) is 28.8 Å². The third kappa shape index (κ3) is 8.13. The Hall–Kier alpha value is -4.24. The van der Waals surface area contributed by atoms with Crippen molar-refractivity contribution in [3.05, 3.63) is 47.0 Å². The summed E-state index contributed by atoms with van der Waals surface area (Å²) in [6.45, 7) is 5.38. The van der Waals surface area contributed by atoms with Crippen LogP contribution in [0.3, 0.4) is 0 Å². The van der Waals surface area contributed by atoms with E-state index in [1.165, 1.54) is 32.9 Å². The van der Waals surface area contributed by atoms with E-state index in [-0.39, 0.29) is 18.3 Å². The molecule has 0 spiro atoms. The highest BCUT2D eigenvalue weighted by Gasteiger charge is 2.52.